The van der Waals surface area contributed by atoms with Crippen molar-refractivity contribution in [1.82, 2.24) is 15.5 Å². The predicted octanol–water partition coefficient (Wildman–Crippen LogP) is 11.6. The number of hydrogen-bond donors (Lipinski definition) is 2. The molecule has 2 atom stereocenters. The van der Waals surface area contributed by atoms with E-state index in [9.17, 15) is 24.0 Å². The topological polar surface area (TPSA) is 122 Å². The van der Waals surface area contributed by atoms with Crippen molar-refractivity contribution in [2.45, 2.75) is 134 Å². The van der Waals surface area contributed by atoms with Crippen LogP contribution in [0.5, 0.6) is 0 Å². The van der Waals surface area contributed by atoms with E-state index < -0.39 is 17.3 Å². The van der Waals surface area contributed by atoms with Crippen LogP contribution in [0.3, 0.4) is 0 Å². The highest BCUT2D eigenvalue weighted by molar-refractivity contribution is 8.00. The smallest absolute Gasteiger partial charge is 0.329 e. The summed E-state index contributed by atoms with van der Waals surface area (Å²) in [4.78, 5) is 64.3. The molecule has 9 nitrogen and oxygen atoms in total. The Morgan fingerprint density at radius 1 is 0.578 bits per heavy atom. The van der Waals surface area contributed by atoms with Crippen molar-refractivity contribution < 1.29 is 28.7 Å². The van der Waals surface area contributed by atoms with Crippen LogP contribution in [0.1, 0.15) is 123 Å². The summed E-state index contributed by atoms with van der Waals surface area (Å²) in [6.07, 6.45) is 64.0. The summed E-state index contributed by atoms with van der Waals surface area (Å²) in [5.41, 5.74) is 0. The minimum Gasteiger partial charge on any atom is -0.467 e. The summed E-state index contributed by atoms with van der Waals surface area (Å²) in [7, 11) is 1.24. The standard InChI is InChI=1S/C54H77N3O6S/c1-4-6-8-10-12-14-16-18-20-22-24-26-28-30-32-34-36-38-40-42-50(58)55-44-45-57-52(60)46-49(53(57)61)64-47-48(54(62)63-3)56-51(59)43-41-39-37-35-33-31-29-27-25-23-21-19-17-15-13-11-9-7-5-2/h6-9,12-15,18-21,24-27,30-33,36-39,48-49H,4-5,10-11,16-17,22-23,28-29,34-35,40-47H2,1-3H3,(H,55,58)(H,56,59)/b8-6-,9-7-,14-12-,15-13-,20-18-,21-19-,26-24-,27-25-,32-30-,33-31-,38-36-,39-37-/t48-,49?/m0/s1. The number of nitrogens with one attached hydrogen (secondary N) is 2. The number of carbonyl (C=O) groups is 5. The fourth-order valence-electron chi connectivity index (χ4n) is 5.91. The van der Waals surface area contributed by atoms with E-state index in [0.717, 1.165) is 93.7 Å². The van der Waals surface area contributed by atoms with Gasteiger partial charge in [0.1, 0.15) is 6.04 Å². The van der Waals surface area contributed by atoms with Crippen LogP contribution in [0.15, 0.2) is 146 Å². The summed E-state index contributed by atoms with van der Waals surface area (Å²) in [5.74, 6) is -1.68. The molecule has 64 heavy (non-hydrogen) atoms. The van der Waals surface area contributed by atoms with Gasteiger partial charge in [-0.1, -0.05) is 160 Å². The van der Waals surface area contributed by atoms with Crippen molar-refractivity contribution >= 4 is 41.4 Å². The zero-order chi connectivity index (χ0) is 46.6. The average Bonchev–Trinajstić information content (AvgIpc) is 3.56. The van der Waals surface area contributed by atoms with Crippen molar-refractivity contribution in [3.8, 4) is 0 Å². The second-order valence-electron chi connectivity index (χ2n) is 14.8. The number of carbonyl (C=O) groups excluding carboxylic acids is 5. The SMILES string of the molecule is CC/C=C\C/C=C\C/C=C\C/C=C\C/C=C\C/C=C\CCC(=O)NCCN1C(=O)CC(SC[C@H](NC(=O)CC/C=C\C/C=C\C/C=C\C/C=C\C/C=C\C/C=C\CC)C(=O)OC)C1=O. The summed E-state index contributed by atoms with van der Waals surface area (Å²) in [5, 5.41) is 4.82. The second-order valence-corrected chi connectivity index (χ2v) is 16.0. The first kappa shape index (κ1) is 56.8. The maximum atomic E-state index is 13.0. The Kier molecular flexibility index (Phi) is 37.1. The third-order valence-corrected chi connectivity index (χ3v) is 10.7. The molecule has 1 aliphatic heterocycles. The fourth-order valence-corrected chi connectivity index (χ4v) is 7.09. The Balaban J connectivity index is 2.25. The zero-order valence-corrected chi connectivity index (χ0v) is 39.8. The number of thioether (sulfide) groups is 1. The number of rotatable bonds is 36. The summed E-state index contributed by atoms with van der Waals surface area (Å²) in [6.45, 7) is 4.51. The normalized spacial score (nSPS) is 15.9. The quantitative estimate of drug-likeness (QED) is 0.0365. The number of nitrogens with zero attached hydrogens (tertiary/aromatic N) is 1. The molecule has 0 saturated carbocycles. The van der Waals surface area contributed by atoms with Gasteiger partial charge in [0.25, 0.3) is 0 Å². The molecule has 350 valence electrons. The molecular weight excluding hydrogens is 819 g/mol. The van der Waals surface area contributed by atoms with Gasteiger partial charge in [0.05, 0.1) is 12.4 Å². The van der Waals surface area contributed by atoms with Crippen LogP contribution in [0.25, 0.3) is 0 Å². The third kappa shape index (κ3) is 32.5. The number of imide groups is 1. The minimum atomic E-state index is -0.954. The lowest BCUT2D eigenvalue weighted by Crippen LogP contribution is -2.44. The predicted molar refractivity (Wildman–Crippen MR) is 269 cm³/mol. The summed E-state index contributed by atoms with van der Waals surface area (Å²) < 4.78 is 4.89. The number of amides is 4. The molecule has 0 aliphatic carbocycles. The molecule has 0 aromatic rings. The van der Waals surface area contributed by atoms with Gasteiger partial charge in [-0.25, -0.2) is 4.79 Å². The molecule has 1 fully saturated rings. The van der Waals surface area contributed by atoms with E-state index in [2.05, 4.69) is 146 Å². The number of likely N-dealkylation sites (tertiary alicyclic amines) is 1. The van der Waals surface area contributed by atoms with Gasteiger partial charge < -0.3 is 15.4 Å². The summed E-state index contributed by atoms with van der Waals surface area (Å²) in [6, 6.07) is -0.954. The Bertz CT molecular complexity index is 1690. The third-order valence-electron chi connectivity index (χ3n) is 9.41. The van der Waals surface area contributed by atoms with Gasteiger partial charge in [0.2, 0.25) is 23.6 Å². The second kappa shape index (κ2) is 41.8. The molecule has 10 heteroatoms. The minimum absolute atomic E-state index is 0.00927. The molecular formula is C54H77N3O6S. The first-order valence-electron chi connectivity index (χ1n) is 23.2. The van der Waals surface area contributed by atoms with Gasteiger partial charge in [-0.3, -0.25) is 24.1 Å². The molecule has 0 spiro atoms. The highest BCUT2D eigenvalue weighted by Crippen LogP contribution is 2.26. The molecule has 0 radical (unpaired) electrons. The van der Waals surface area contributed by atoms with Crippen LogP contribution >= 0.6 is 11.8 Å². The lowest BCUT2D eigenvalue weighted by Gasteiger charge is -2.18. The number of esters is 1. The molecule has 1 aliphatic rings. The highest BCUT2D eigenvalue weighted by Gasteiger charge is 2.39. The van der Waals surface area contributed by atoms with Gasteiger partial charge in [0.15, 0.2) is 0 Å². The van der Waals surface area contributed by atoms with E-state index in [1.165, 1.54) is 7.11 Å². The Morgan fingerprint density at radius 3 is 1.31 bits per heavy atom. The molecule has 0 aromatic carbocycles. The largest absolute Gasteiger partial charge is 0.467 e. The van der Waals surface area contributed by atoms with Crippen molar-refractivity contribution in [1.29, 1.82) is 0 Å². The van der Waals surface area contributed by atoms with Gasteiger partial charge >= 0.3 is 5.97 Å². The van der Waals surface area contributed by atoms with Gasteiger partial charge in [-0.15, -0.1) is 11.8 Å². The van der Waals surface area contributed by atoms with Crippen LogP contribution in [-0.4, -0.2) is 71.7 Å². The van der Waals surface area contributed by atoms with Crippen molar-refractivity contribution in [3.05, 3.63) is 146 Å². The molecule has 1 unspecified atom stereocenters. The molecule has 0 bridgehead atoms. The number of methoxy groups -OCH3 is 1. The van der Waals surface area contributed by atoms with E-state index in [1.807, 2.05) is 24.3 Å². The lowest BCUT2D eigenvalue weighted by atomic mass is 10.2. The molecule has 1 saturated heterocycles. The molecule has 2 N–H and O–H groups in total. The van der Waals surface area contributed by atoms with E-state index in [4.69, 9.17) is 4.74 Å². The fraction of sp³-hybridized carbons (Fsp3) is 0.463. The Morgan fingerprint density at radius 2 is 0.938 bits per heavy atom. The van der Waals surface area contributed by atoms with Gasteiger partial charge in [-0.05, 0) is 89.9 Å². The monoisotopic (exact) mass is 896 g/mol. The Hall–Kier alpha value is -5.22. The average molecular weight is 896 g/mol. The summed E-state index contributed by atoms with van der Waals surface area (Å²) >= 11 is 1.14. The number of hydrogen-bond acceptors (Lipinski definition) is 7. The van der Waals surface area contributed by atoms with Crippen LogP contribution in [0.4, 0.5) is 0 Å². The molecule has 0 aromatic heterocycles. The van der Waals surface area contributed by atoms with E-state index in [-0.39, 0.29) is 55.3 Å². The zero-order valence-electron chi connectivity index (χ0n) is 39.0. The first-order chi connectivity index (χ1) is 31.3. The van der Waals surface area contributed by atoms with Crippen LogP contribution in [0, 0.1) is 0 Å². The first-order valence-corrected chi connectivity index (χ1v) is 24.3. The lowest BCUT2D eigenvalue weighted by molar-refractivity contribution is -0.144. The highest BCUT2D eigenvalue weighted by atomic mass is 32.2. The van der Waals surface area contributed by atoms with Crippen molar-refractivity contribution in [3.63, 3.8) is 0 Å². The maximum Gasteiger partial charge on any atom is 0.329 e. The van der Waals surface area contributed by atoms with E-state index >= 15 is 0 Å². The van der Waals surface area contributed by atoms with Gasteiger partial charge in [0, 0.05) is 38.1 Å². The van der Waals surface area contributed by atoms with Gasteiger partial charge in [-0.2, -0.15) is 0 Å². The van der Waals surface area contributed by atoms with Crippen LogP contribution in [-0.2, 0) is 28.7 Å². The van der Waals surface area contributed by atoms with E-state index in [1.54, 1.807) is 0 Å². The molecule has 1 rings (SSSR count). The van der Waals surface area contributed by atoms with Crippen molar-refractivity contribution in [2.24, 2.45) is 0 Å². The molecule has 1 heterocycles. The van der Waals surface area contributed by atoms with Crippen LogP contribution in [0.2, 0.25) is 0 Å². The molecule has 4 amide bonds. The Labute approximate surface area is 390 Å². The number of allylic oxidation sites excluding steroid dienone is 24. The number of ether oxygens (including phenoxy) is 1. The van der Waals surface area contributed by atoms with Crippen LogP contribution < -0.4 is 10.6 Å². The van der Waals surface area contributed by atoms with E-state index in [0.29, 0.717) is 19.3 Å². The van der Waals surface area contributed by atoms with Crippen molar-refractivity contribution in [2.75, 3.05) is 26.0 Å². The maximum absolute atomic E-state index is 13.0.